The van der Waals surface area contributed by atoms with E-state index in [1.54, 1.807) is 49.5 Å². The first kappa shape index (κ1) is 17.8. The van der Waals surface area contributed by atoms with Crippen LogP contribution in [0.3, 0.4) is 0 Å². The number of methoxy groups -OCH3 is 1. The van der Waals surface area contributed by atoms with Crippen molar-refractivity contribution in [1.82, 2.24) is 9.78 Å². The van der Waals surface area contributed by atoms with Gasteiger partial charge in [0.25, 0.3) is 0 Å². The third kappa shape index (κ3) is 3.78. The fourth-order valence-electron chi connectivity index (χ4n) is 2.51. The number of urea groups is 1. The monoisotopic (exact) mass is 374 g/mol. The molecule has 0 saturated carbocycles. The van der Waals surface area contributed by atoms with Gasteiger partial charge in [-0.2, -0.15) is 5.10 Å². The van der Waals surface area contributed by atoms with Crippen LogP contribution in [0.4, 0.5) is 20.6 Å². The molecule has 0 radical (unpaired) electrons. The summed E-state index contributed by atoms with van der Waals surface area (Å²) in [5, 5.41) is 9.87. The molecule has 6 nitrogen and oxygen atoms in total. The largest absolute Gasteiger partial charge is 0.496 e. The number of hydrogen-bond donors (Lipinski definition) is 2. The number of amides is 2. The number of nitrogens with one attached hydrogen (secondary N) is 2. The summed E-state index contributed by atoms with van der Waals surface area (Å²) in [6.07, 6.45) is 1.13. The van der Waals surface area contributed by atoms with Crippen LogP contribution < -0.4 is 15.4 Å². The van der Waals surface area contributed by atoms with Crippen LogP contribution in [0.1, 0.15) is 0 Å². The number of aromatic nitrogens is 2. The lowest BCUT2D eigenvalue weighted by Crippen LogP contribution is -2.19. The first-order valence-electron chi connectivity index (χ1n) is 7.67. The van der Waals surface area contributed by atoms with Gasteiger partial charge in [0.05, 0.1) is 13.3 Å². The van der Waals surface area contributed by atoms with Crippen molar-refractivity contribution in [1.29, 1.82) is 0 Å². The third-order valence-corrected chi connectivity index (χ3v) is 3.96. The highest BCUT2D eigenvalue weighted by Gasteiger charge is 2.16. The number of carbonyl (C=O) groups is 1. The van der Waals surface area contributed by atoms with Gasteiger partial charge >= 0.3 is 6.03 Å². The summed E-state index contributed by atoms with van der Waals surface area (Å²) in [6, 6.07) is 11.2. The molecule has 0 unspecified atom stereocenters. The van der Waals surface area contributed by atoms with Gasteiger partial charge in [-0.3, -0.25) is 4.68 Å². The minimum absolute atomic E-state index is 0.267. The molecule has 0 aliphatic carbocycles. The van der Waals surface area contributed by atoms with Gasteiger partial charge in [0.2, 0.25) is 0 Å². The zero-order valence-electron chi connectivity index (χ0n) is 14.1. The summed E-state index contributed by atoms with van der Waals surface area (Å²) in [7, 11) is 3.12. The molecular weight excluding hydrogens is 359 g/mol. The van der Waals surface area contributed by atoms with Crippen LogP contribution in [0.25, 0.3) is 11.3 Å². The standard InChI is InChI=1S/C18H16ClFN4O2/c1-24-17(15(20)10-21-24)14-9-13(7-8-16(14)26-2)23-18(25)22-12-5-3-11(19)4-6-12/h3-10H,1-2H3,(H2,22,23,25). The number of nitrogens with zero attached hydrogens (tertiary/aromatic N) is 2. The number of hydrogen-bond acceptors (Lipinski definition) is 3. The van der Waals surface area contributed by atoms with Crippen molar-refractivity contribution in [3.63, 3.8) is 0 Å². The van der Waals surface area contributed by atoms with Crippen molar-refractivity contribution in [3.8, 4) is 17.0 Å². The topological polar surface area (TPSA) is 68.2 Å². The fourth-order valence-corrected chi connectivity index (χ4v) is 2.64. The molecule has 2 amide bonds. The van der Waals surface area contributed by atoms with E-state index < -0.39 is 11.8 Å². The molecule has 134 valence electrons. The lowest BCUT2D eigenvalue weighted by Gasteiger charge is -2.13. The summed E-state index contributed by atoms with van der Waals surface area (Å²) in [4.78, 5) is 12.2. The molecule has 3 rings (SSSR count). The van der Waals surface area contributed by atoms with Crippen molar-refractivity contribution in [2.45, 2.75) is 0 Å². The smallest absolute Gasteiger partial charge is 0.323 e. The summed E-state index contributed by atoms with van der Waals surface area (Å²) < 4.78 is 20.8. The number of benzene rings is 2. The van der Waals surface area contributed by atoms with E-state index in [0.29, 0.717) is 27.7 Å². The van der Waals surface area contributed by atoms with Gasteiger partial charge in [-0.25, -0.2) is 9.18 Å². The zero-order chi connectivity index (χ0) is 18.7. The van der Waals surface area contributed by atoms with Gasteiger partial charge in [0.15, 0.2) is 5.82 Å². The van der Waals surface area contributed by atoms with Crippen molar-refractivity contribution >= 4 is 29.0 Å². The van der Waals surface area contributed by atoms with E-state index in [0.717, 1.165) is 6.20 Å². The Morgan fingerprint density at radius 3 is 2.42 bits per heavy atom. The number of aryl methyl sites for hydroxylation is 1. The molecule has 8 heteroatoms. The second-order valence-corrected chi connectivity index (χ2v) is 5.90. The first-order valence-corrected chi connectivity index (χ1v) is 8.05. The Kier molecular flexibility index (Phi) is 5.09. The lowest BCUT2D eigenvalue weighted by molar-refractivity contribution is 0.262. The number of rotatable bonds is 4. The van der Waals surface area contributed by atoms with Crippen LogP contribution in [-0.4, -0.2) is 22.9 Å². The van der Waals surface area contributed by atoms with Gasteiger partial charge in [0, 0.05) is 29.0 Å². The molecule has 0 spiro atoms. The van der Waals surface area contributed by atoms with Crippen molar-refractivity contribution in [2.75, 3.05) is 17.7 Å². The molecular formula is C18H16ClFN4O2. The quantitative estimate of drug-likeness (QED) is 0.704. The Bertz CT molecular complexity index is 921. The normalized spacial score (nSPS) is 10.5. The molecule has 3 aromatic rings. The average Bonchev–Trinajstić information content (AvgIpc) is 2.95. The predicted molar refractivity (Wildman–Crippen MR) is 99.2 cm³/mol. The molecule has 1 heterocycles. The Balaban J connectivity index is 1.83. The Morgan fingerprint density at radius 1 is 1.15 bits per heavy atom. The molecule has 2 aromatic carbocycles. The summed E-state index contributed by atoms with van der Waals surface area (Å²) in [6.45, 7) is 0. The highest BCUT2D eigenvalue weighted by Crippen LogP contribution is 2.33. The van der Waals surface area contributed by atoms with Gasteiger partial charge in [0.1, 0.15) is 11.4 Å². The van der Waals surface area contributed by atoms with E-state index in [1.165, 1.54) is 11.8 Å². The Labute approximate surface area is 154 Å². The number of ether oxygens (including phenoxy) is 1. The number of halogens is 2. The van der Waals surface area contributed by atoms with Gasteiger partial charge in [-0.1, -0.05) is 11.6 Å². The molecule has 0 saturated heterocycles. The van der Waals surface area contributed by atoms with Crippen molar-refractivity contribution in [3.05, 3.63) is 59.5 Å². The molecule has 0 atom stereocenters. The lowest BCUT2D eigenvalue weighted by atomic mass is 10.1. The molecule has 0 bridgehead atoms. The minimum Gasteiger partial charge on any atom is -0.496 e. The number of carbonyl (C=O) groups excluding carboxylic acids is 1. The van der Waals surface area contributed by atoms with Crippen LogP contribution in [-0.2, 0) is 7.05 Å². The summed E-state index contributed by atoms with van der Waals surface area (Å²) in [5.41, 5.74) is 1.82. The van der Waals surface area contributed by atoms with Crippen molar-refractivity contribution < 1.29 is 13.9 Å². The predicted octanol–water partition coefficient (Wildman–Crippen LogP) is 4.53. The van der Waals surface area contributed by atoms with Crippen LogP contribution in [0, 0.1) is 5.82 Å². The molecule has 0 fully saturated rings. The summed E-state index contributed by atoms with van der Waals surface area (Å²) >= 11 is 5.82. The van der Waals surface area contributed by atoms with E-state index in [4.69, 9.17) is 16.3 Å². The highest BCUT2D eigenvalue weighted by atomic mass is 35.5. The molecule has 1 aromatic heterocycles. The SMILES string of the molecule is COc1ccc(NC(=O)Nc2ccc(Cl)cc2)cc1-c1c(F)cnn1C. The van der Waals surface area contributed by atoms with E-state index in [-0.39, 0.29) is 5.69 Å². The maximum atomic E-state index is 14.1. The number of anilines is 2. The summed E-state index contributed by atoms with van der Waals surface area (Å²) in [5.74, 6) is -0.00951. The minimum atomic E-state index is -0.478. The maximum Gasteiger partial charge on any atom is 0.323 e. The Hall–Kier alpha value is -3.06. The van der Waals surface area contributed by atoms with Crippen LogP contribution in [0.15, 0.2) is 48.7 Å². The van der Waals surface area contributed by atoms with E-state index in [1.807, 2.05) is 0 Å². The van der Waals surface area contributed by atoms with Crippen LogP contribution >= 0.6 is 11.6 Å². The molecule has 2 N–H and O–H groups in total. The van der Waals surface area contributed by atoms with E-state index in [2.05, 4.69) is 15.7 Å². The third-order valence-electron chi connectivity index (χ3n) is 3.71. The average molecular weight is 375 g/mol. The van der Waals surface area contributed by atoms with E-state index >= 15 is 0 Å². The maximum absolute atomic E-state index is 14.1. The first-order chi connectivity index (χ1) is 12.5. The highest BCUT2D eigenvalue weighted by molar-refractivity contribution is 6.30. The van der Waals surface area contributed by atoms with Crippen molar-refractivity contribution in [2.24, 2.45) is 7.05 Å². The van der Waals surface area contributed by atoms with Gasteiger partial charge in [-0.05, 0) is 42.5 Å². The van der Waals surface area contributed by atoms with Gasteiger partial charge < -0.3 is 15.4 Å². The second kappa shape index (κ2) is 7.45. The molecule has 0 aliphatic heterocycles. The Morgan fingerprint density at radius 2 is 1.81 bits per heavy atom. The van der Waals surface area contributed by atoms with Gasteiger partial charge in [-0.15, -0.1) is 0 Å². The molecule has 26 heavy (non-hydrogen) atoms. The van der Waals surface area contributed by atoms with E-state index in [9.17, 15) is 9.18 Å². The fraction of sp³-hybridized carbons (Fsp3) is 0.111. The van der Waals surface area contributed by atoms with Crippen LogP contribution in [0.5, 0.6) is 5.75 Å². The second-order valence-electron chi connectivity index (χ2n) is 5.47. The van der Waals surface area contributed by atoms with Crippen LogP contribution in [0.2, 0.25) is 5.02 Å². The zero-order valence-corrected chi connectivity index (χ0v) is 14.8. The molecule has 0 aliphatic rings.